The number of nitrogens with zero attached hydrogens (tertiary/aromatic N) is 3. The molecular formula is C51H32N4S. The van der Waals surface area contributed by atoms with Crippen molar-refractivity contribution in [2.75, 3.05) is 0 Å². The summed E-state index contributed by atoms with van der Waals surface area (Å²) in [6.07, 6.45) is -0.302. The minimum atomic E-state index is -0.302. The molecule has 3 aromatic heterocycles. The van der Waals surface area contributed by atoms with Crippen LogP contribution < -0.4 is 5.32 Å². The fourth-order valence-electron chi connectivity index (χ4n) is 8.90. The van der Waals surface area contributed by atoms with Gasteiger partial charge in [0.05, 0.1) is 16.6 Å². The molecule has 4 nitrogen and oxygen atoms in total. The zero-order valence-electron chi connectivity index (χ0n) is 30.1. The fourth-order valence-corrected chi connectivity index (χ4v) is 10.1. The predicted molar refractivity (Wildman–Crippen MR) is 237 cm³/mol. The van der Waals surface area contributed by atoms with Gasteiger partial charge in [-0.15, -0.1) is 11.3 Å². The molecule has 0 spiro atoms. The molecule has 12 rings (SSSR count). The summed E-state index contributed by atoms with van der Waals surface area (Å²) in [6, 6.07) is 65.5. The number of hydrogen-bond donors (Lipinski definition) is 1. The van der Waals surface area contributed by atoms with E-state index in [0.29, 0.717) is 0 Å². The standard InChI is InChI=1S/C51H32N4S/c1-3-14-32(15-4-1)49-52-50(33-16-5-2-6-17-33)54-51(53-49)34-28-26-31(27-29-34)40-30-41-35-18-7-10-23-42(35)55-43-24-11-8-20-38(43)46(47(41)55)45(40)39-22-13-21-37-36-19-9-12-25-44(36)56-48(37)39/h1-30,51H,(H,52,53,54). The van der Waals surface area contributed by atoms with E-state index in [1.807, 2.05) is 47.7 Å². The van der Waals surface area contributed by atoms with Crippen LogP contribution in [0.1, 0.15) is 22.9 Å². The van der Waals surface area contributed by atoms with Gasteiger partial charge in [0.2, 0.25) is 0 Å². The highest BCUT2D eigenvalue weighted by atomic mass is 32.1. The van der Waals surface area contributed by atoms with E-state index in [0.717, 1.165) is 28.4 Å². The molecule has 5 heteroatoms. The second-order valence-electron chi connectivity index (χ2n) is 14.5. The van der Waals surface area contributed by atoms with Gasteiger partial charge in [-0.3, -0.25) is 0 Å². The van der Waals surface area contributed by atoms with E-state index >= 15 is 0 Å². The Labute approximate surface area is 326 Å². The maximum Gasteiger partial charge on any atom is 0.159 e. The summed E-state index contributed by atoms with van der Waals surface area (Å²) in [6.45, 7) is 0. The van der Waals surface area contributed by atoms with Crippen LogP contribution in [0.5, 0.6) is 0 Å². The van der Waals surface area contributed by atoms with Gasteiger partial charge >= 0.3 is 0 Å². The molecule has 1 unspecified atom stereocenters. The maximum atomic E-state index is 5.16. The van der Waals surface area contributed by atoms with Crippen LogP contribution in [0.15, 0.2) is 192 Å². The van der Waals surface area contributed by atoms with Crippen LogP contribution in [0.3, 0.4) is 0 Å². The first kappa shape index (κ1) is 31.3. The summed E-state index contributed by atoms with van der Waals surface area (Å²) in [7, 11) is 0. The van der Waals surface area contributed by atoms with E-state index < -0.39 is 0 Å². The number of aliphatic imine (C=N–C) groups is 2. The van der Waals surface area contributed by atoms with Gasteiger partial charge in [-0.05, 0) is 41.0 Å². The van der Waals surface area contributed by atoms with Crippen LogP contribution in [0.2, 0.25) is 0 Å². The highest BCUT2D eigenvalue weighted by Gasteiger charge is 2.26. The Kier molecular flexibility index (Phi) is 6.83. The Bertz CT molecular complexity index is 3370. The summed E-state index contributed by atoms with van der Waals surface area (Å²) < 4.78 is 5.11. The van der Waals surface area contributed by atoms with Crippen molar-refractivity contribution in [3.05, 3.63) is 199 Å². The topological polar surface area (TPSA) is 41.2 Å². The van der Waals surface area contributed by atoms with Gasteiger partial charge in [0.25, 0.3) is 0 Å². The first-order valence-corrected chi connectivity index (χ1v) is 19.8. The lowest BCUT2D eigenvalue weighted by Gasteiger charge is -2.24. The first-order chi connectivity index (χ1) is 27.8. The zero-order valence-corrected chi connectivity index (χ0v) is 31.0. The number of rotatable bonds is 5. The molecule has 0 fully saturated rings. The molecule has 0 saturated carbocycles. The van der Waals surface area contributed by atoms with E-state index in [9.17, 15) is 0 Å². The Morgan fingerprint density at radius 2 is 1.14 bits per heavy atom. The Balaban J connectivity index is 1.10. The van der Waals surface area contributed by atoms with Crippen molar-refractivity contribution < 1.29 is 0 Å². The monoisotopic (exact) mass is 732 g/mol. The third-order valence-electron chi connectivity index (χ3n) is 11.4. The second-order valence-corrected chi connectivity index (χ2v) is 15.6. The van der Waals surface area contributed by atoms with Crippen molar-refractivity contribution in [1.29, 1.82) is 0 Å². The van der Waals surface area contributed by atoms with Crippen LogP contribution in [-0.2, 0) is 0 Å². The summed E-state index contributed by atoms with van der Waals surface area (Å²) in [5.74, 6) is 1.54. The minimum absolute atomic E-state index is 0.302. The third-order valence-corrected chi connectivity index (χ3v) is 12.6. The molecule has 4 heterocycles. The van der Waals surface area contributed by atoms with Crippen molar-refractivity contribution in [2.24, 2.45) is 9.98 Å². The average molecular weight is 733 g/mol. The number of para-hydroxylation sites is 2. The number of nitrogens with one attached hydrogen (secondary N) is 1. The van der Waals surface area contributed by atoms with Gasteiger partial charge in [-0.2, -0.15) is 0 Å². The predicted octanol–water partition coefficient (Wildman–Crippen LogP) is 13.0. The summed E-state index contributed by atoms with van der Waals surface area (Å²) in [5, 5.41) is 11.4. The smallest absolute Gasteiger partial charge is 0.159 e. The van der Waals surface area contributed by atoms with Crippen LogP contribution in [0, 0.1) is 0 Å². The lowest BCUT2D eigenvalue weighted by molar-refractivity contribution is 0.674. The quantitative estimate of drug-likeness (QED) is 0.188. The van der Waals surface area contributed by atoms with Gasteiger partial charge < -0.3 is 9.72 Å². The van der Waals surface area contributed by atoms with Gasteiger partial charge in [0.15, 0.2) is 5.84 Å². The number of benzene rings is 8. The molecular weight excluding hydrogens is 701 g/mol. The zero-order chi connectivity index (χ0) is 36.7. The lowest BCUT2D eigenvalue weighted by atomic mass is 9.88. The molecule has 262 valence electrons. The van der Waals surface area contributed by atoms with Crippen LogP contribution >= 0.6 is 11.3 Å². The maximum absolute atomic E-state index is 5.16. The Morgan fingerprint density at radius 3 is 1.93 bits per heavy atom. The van der Waals surface area contributed by atoms with E-state index in [-0.39, 0.29) is 6.17 Å². The molecule has 0 aliphatic carbocycles. The molecule has 0 saturated heterocycles. The van der Waals surface area contributed by atoms with Gasteiger partial charge in [0.1, 0.15) is 12.0 Å². The van der Waals surface area contributed by atoms with Crippen molar-refractivity contribution >= 4 is 81.3 Å². The molecule has 0 amide bonds. The largest absolute Gasteiger partial charge is 0.344 e. The van der Waals surface area contributed by atoms with E-state index in [1.54, 1.807) is 0 Å². The highest BCUT2D eigenvalue weighted by Crippen LogP contribution is 2.51. The van der Waals surface area contributed by atoms with Crippen LogP contribution in [0.25, 0.3) is 80.5 Å². The molecule has 1 N–H and O–H groups in total. The molecule has 11 aromatic rings. The molecule has 56 heavy (non-hydrogen) atoms. The summed E-state index contributed by atoms with van der Waals surface area (Å²) in [4.78, 5) is 10.2. The summed E-state index contributed by atoms with van der Waals surface area (Å²) >= 11 is 1.89. The van der Waals surface area contributed by atoms with Gasteiger partial charge in [-0.25, -0.2) is 9.98 Å². The first-order valence-electron chi connectivity index (χ1n) is 19.0. The number of hydrogen-bond acceptors (Lipinski definition) is 4. The molecule has 1 aliphatic rings. The normalized spacial score (nSPS) is 14.6. The molecule has 0 radical (unpaired) electrons. The molecule has 0 bridgehead atoms. The number of fused-ring (bicyclic) bond motifs is 9. The molecule has 1 atom stereocenters. The minimum Gasteiger partial charge on any atom is -0.344 e. The van der Waals surface area contributed by atoms with Gasteiger partial charge in [0, 0.05) is 64.0 Å². The van der Waals surface area contributed by atoms with E-state index in [4.69, 9.17) is 9.98 Å². The SMILES string of the molecule is c1ccc(C2=NC(c3ccc(-c4cc5c6ccccc6n6c7ccccc7c(c4-c4cccc7c4sc4ccccc47)c56)cc3)NC(c3ccccc3)=N2)cc1. The molecule has 1 aliphatic heterocycles. The van der Waals surface area contributed by atoms with Crippen molar-refractivity contribution in [2.45, 2.75) is 6.17 Å². The van der Waals surface area contributed by atoms with E-state index in [1.165, 1.54) is 80.5 Å². The highest BCUT2D eigenvalue weighted by molar-refractivity contribution is 7.26. The Morgan fingerprint density at radius 1 is 0.500 bits per heavy atom. The Hall–Kier alpha value is -7.08. The van der Waals surface area contributed by atoms with Gasteiger partial charge in [-0.1, -0.05) is 158 Å². The van der Waals surface area contributed by atoms with Crippen molar-refractivity contribution in [3.8, 4) is 22.3 Å². The second kappa shape index (κ2) is 12.2. The van der Waals surface area contributed by atoms with Crippen molar-refractivity contribution in [1.82, 2.24) is 9.72 Å². The van der Waals surface area contributed by atoms with Crippen molar-refractivity contribution in [3.63, 3.8) is 0 Å². The molecule has 8 aromatic carbocycles. The number of thiophene rings is 1. The lowest BCUT2D eigenvalue weighted by Crippen LogP contribution is -2.33. The van der Waals surface area contributed by atoms with E-state index in [2.05, 4.69) is 155 Å². The third kappa shape index (κ3) is 4.65. The van der Waals surface area contributed by atoms with Crippen LogP contribution in [-0.4, -0.2) is 16.1 Å². The fraction of sp³-hybridized carbons (Fsp3) is 0.0196. The number of amidine groups is 2. The van der Waals surface area contributed by atoms with Crippen LogP contribution in [0.4, 0.5) is 0 Å². The number of aromatic nitrogens is 1. The summed E-state index contributed by atoms with van der Waals surface area (Å²) in [5.41, 5.74) is 11.8. The average Bonchev–Trinajstić information content (AvgIpc) is 3.94.